The quantitative estimate of drug-likeness (QED) is 0.589. The number of hydrogen-bond donors (Lipinski definition) is 3. The van der Waals surface area contributed by atoms with E-state index in [4.69, 9.17) is 14.9 Å². The van der Waals surface area contributed by atoms with Gasteiger partial charge in [0.1, 0.15) is 0 Å². The number of nitrogens with zero attached hydrogens (tertiary/aromatic N) is 1. The molecule has 0 aromatic carbocycles. The summed E-state index contributed by atoms with van der Waals surface area (Å²) in [5, 5.41) is 20.9. The number of anilines is 1. The Kier molecular flexibility index (Phi) is 5.88. The molecular formula is C10H16N2O4S. The summed E-state index contributed by atoms with van der Waals surface area (Å²) in [5.74, 6) is -0.852. The summed E-state index contributed by atoms with van der Waals surface area (Å²) in [6.07, 6.45) is 0.00614. The van der Waals surface area contributed by atoms with E-state index in [0.717, 1.165) is 10.6 Å². The largest absolute Gasteiger partial charge is 0.481 e. The van der Waals surface area contributed by atoms with Gasteiger partial charge >= 0.3 is 5.97 Å². The van der Waals surface area contributed by atoms with E-state index in [1.54, 1.807) is 6.92 Å². The van der Waals surface area contributed by atoms with Crippen molar-refractivity contribution in [3.63, 3.8) is 0 Å². The Labute approximate surface area is 103 Å². The molecule has 0 fully saturated rings. The SMILES string of the molecule is Cc1nc(NCCOCCO)sc1CC(=O)O. The predicted molar refractivity (Wildman–Crippen MR) is 64.6 cm³/mol. The molecule has 0 aliphatic carbocycles. The number of thiazole rings is 1. The van der Waals surface area contributed by atoms with E-state index < -0.39 is 5.97 Å². The topological polar surface area (TPSA) is 91.7 Å². The Morgan fingerprint density at radius 3 is 2.94 bits per heavy atom. The highest BCUT2D eigenvalue weighted by Crippen LogP contribution is 2.22. The molecule has 1 aromatic rings. The second-order valence-electron chi connectivity index (χ2n) is 3.36. The summed E-state index contributed by atoms with van der Waals surface area (Å²) in [6, 6.07) is 0. The molecule has 17 heavy (non-hydrogen) atoms. The van der Waals surface area contributed by atoms with E-state index in [-0.39, 0.29) is 13.0 Å². The number of carboxylic acid groups (broad SMARTS) is 1. The summed E-state index contributed by atoms with van der Waals surface area (Å²) in [6.45, 7) is 3.19. The number of hydrogen-bond acceptors (Lipinski definition) is 6. The number of carboxylic acids is 1. The van der Waals surface area contributed by atoms with Gasteiger partial charge in [0.05, 0.1) is 31.9 Å². The molecular weight excluding hydrogens is 244 g/mol. The second kappa shape index (κ2) is 7.21. The van der Waals surface area contributed by atoms with Gasteiger partial charge < -0.3 is 20.3 Å². The molecule has 0 radical (unpaired) electrons. The lowest BCUT2D eigenvalue weighted by Crippen LogP contribution is -2.11. The fourth-order valence-electron chi connectivity index (χ4n) is 1.20. The van der Waals surface area contributed by atoms with Crippen molar-refractivity contribution in [3.8, 4) is 0 Å². The van der Waals surface area contributed by atoms with Crippen molar-refractivity contribution in [3.05, 3.63) is 10.6 Å². The lowest BCUT2D eigenvalue weighted by molar-refractivity contribution is -0.136. The van der Waals surface area contributed by atoms with E-state index in [9.17, 15) is 4.79 Å². The van der Waals surface area contributed by atoms with Crippen molar-refractivity contribution < 1.29 is 19.7 Å². The number of aliphatic hydroxyl groups is 1. The van der Waals surface area contributed by atoms with Crippen LogP contribution < -0.4 is 5.32 Å². The molecule has 1 heterocycles. The highest BCUT2D eigenvalue weighted by Gasteiger charge is 2.10. The van der Waals surface area contributed by atoms with Gasteiger partial charge in [-0.1, -0.05) is 0 Å². The van der Waals surface area contributed by atoms with Crippen LogP contribution in [0.1, 0.15) is 10.6 Å². The monoisotopic (exact) mass is 260 g/mol. The average Bonchev–Trinajstić information content (AvgIpc) is 2.58. The van der Waals surface area contributed by atoms with Crippen molar-refractivity contribution in [1.29, 1.82) is 0 Å². The number of aryl methyl sites for hydroxylation is 1. The molecule has 0 spiro atoms. The fraction of sp³-hybridized carbons (Fsp3) is 0.600. The first kappa shape index (κ1) is 13.9. The molecule has 0 unspecified atom stereocenters. The van der Waals surface area contributed by atoms with Crippen LogP contribution in [0.3, 0.4) is 0 Å². The van der Waals surface area contributed by atoms with E-state index >= 15 is 0 Å². The van der Waals surface area contributed by atoms with Gasteiger partial charge in [-0.3, -0.25) is 4.79 Å². The van der Waals surface area contributed by atoms with Crippen LogP contribution >= 0.6 is 11.3 Å². The summed E-state index contributed by atoms with van der Waals surface area (Å²) in [5.41, 5.74) is 0.746. The minimum Gasteiger partial charge on any atom is -0.481 e. The van der Waals surface area contributed by atoms with Crippen LogP contribution in [-0.4, -0.2) is 47.5 Å². The van der Waals surface area contributed by atoms with E-state index in [1.807, 2.05) is 0 Å². The second-order valence-corrected chi connectivity index (χ2v) is 4.44. The molecule has 0 bridgehead atoms. The first-order valence-corrected chi connectivity index (χ1v) is 6.05. The van der Waals surface area contributed by atoms with Gasteiger partial charge in [-0.15, -0.1) is 11.3 Å². The molecule has 0 aliphatic rings. The molecule has 0 saturated carbocycles. The van der Waals surface area contributed by atoms with Crippen molar-refractivity contribution in [1.82, 2.24) is 4.98 Å². The van der Waals surface area contributed by atoms with Crippen LogP contribution in [0.5, 0.6) is 0 Å². The fourth-order valence-corrected chi connectivity index (χ4v) is 2.18. The first-order valence-electron chi connectivity index (χ1n) is 5.24. The highest BCUT2D eigenvalue weighted by atomic mass is 32.1. The maximum Gasteiger partial charge on any atom is 0.308 e. The Balaban J connectivity index is 2.36. The lowest BCUT2D eigenvalue weighted by Gasteiger charge is -2.02. The zero-order valence-electron chi connectivity index (χ0n) is 9.60. The van der Waals surface area contributed by atoms with Crippen LogP contribution in [0.2, 0.25) is 0 Å². The summed E-state index contributed by atoms with van der Waals surface area (Å²) < 4.78 is 5.08. The van der Waals surface area contributed by atoms with Crippen LogP contribution in [0.4, 0.5) is 5.13 Å². The molecule has 6 nitrogen and oxygen atoms in total. The normalized spacial score (nSPS) is 10.5. The van der Waals surface area contributed by atoms with E-state index in [0.29, 0.717) is 24.9 Å². The minimum absolute atomic E-state index is 0.00614. The zero-order valence-corrected chi connectivity index (χ0v) is 10.4. The van der Waals surface area contributed by atoms with Crippen LogP contribution in [-0.2, 0) is 16.0 Å². The lowest BCUT2D eigenvalue weighted by atomic mass is 10.3. The molecule has 0 aliphatic heterocycles. The van der Waals surface area contributed by atoms with Gasteiger partial charge in [0.15, 0.2) is 5.13 Å². The number of aliphatic hydroxyl groups excluding tert-OH is 1. The summed E-state index contributed by atoms with van der Waals surface area (Å²) in [4.78, 5) is 15.6. The highest BCUT2D eigenvalue weighted by molar-refractivity contribution is 7.15. The third-order valence-electron chi connectivity index (χ3n) is 1.96. The molecule has 0 saturated heterocycles. The third kappa shape index (κ3) is 5.12. The van der Waals surface area contributed by atoms with Crippen LogP contribution in [0.15, 0.2) is 0 Å². The van der Waals surface area contributed by atoms with Crippen molar-refractivity contribution >= 4 is 22.4 Å². The average molecular weight is 260 g/mol. The summed E-state index contributed by atoms with van der Waals surface area (Å²) in [7, 11) is 0. The third-order valence-corrected chi connectivity index (χ3v) is 3.08. The van der Waals surface area contributed by atoms with E-state index in [1.165, 1.54) is 11.3 Å². The number of aromatic nitrogens is 1. The number of rotatable bonds is 8. The van der Waals surface area contributed by atoms with E-state index in [2.05, 4.69) is 10.3 Å². The summed E-state index contributed by atoms with van der Waals surface area (Å²) >= 11 is 1.34. The Bertz CT molecular complexity index is 367. The number of ether oxygens (including phenoxy) is 1. The van der Waals surface area contributed by atoms with Gasteiger partial charge in [0.2, 0.25) is 0 Å². The molecule has 96 valence electrons. The zero-order chi connectivity index (χ0) is 12.7. The van der Waals surface area contributed by atoms with Gasteiger partial charge in [0, 0.05) is 11.4 Å². The maximum atomic E-state index is 10.6. The van der Waals surface area contributed by atoms with Crippen LogP contribution in [0, 0.1) is 6.92 Å². The Morgan fingerprint density at radius 2 is 2.29 bits per heavy atom. The molecule has 0 atom stereocenters. The van der Waals surface area contributed by atoms with Crippen molar-refractivity contribution in [2.75, 3.05) is 31.7 Å². The van der Waals surface area contributed by atoms with Crippen molar-refractivity contribution in [2.24, 2.45) is 0 Å². The number of carbonyl (C=O) groups is 1. The predicted octanol–water partition coefficient (Wildman–Crippen LogP) is 0.499. The van der Waals surface area contributed by atoms with Gasteiger partial charge in [-0.05, 0) is 6.92 Å². The first-order chi connectivity index (χ1) is 8.13. The molecule has 0 amide bonds. The van der Waals surface area contributed by atoms with Gasteiger partial charge in [0.25, 0.3) is 0 Å². The maximum absolute atomic E-state index is 10.6. The molecule has 1 aromatic heterocycles. The standard InChI is InChI=1S/C10H16N2O4S/c1-7-8(6-9(14)15)17-10(12-7)11-2-4-16-5-3-13/h13H,2-6H2,1H3,(H,11,12)(H,14,15). The Morgan fingerprint density at radius 1 is 1.53 bits per heavy atom. The van der Waals surface area contributed by atoms with Crippen molar-refractivity contribution in [2.45, 2.75) is 13.3 Å². The Hall–Kier alpha value is -1.18. The number of nitrogens with one attached hydrogen (secondary N) is 1. The van der Waals surface area contributed by atoms with Gasteiger partial charge in [-0.25, -0.2) is 4.98 Å². The molecule has 3 N–H and O–H groups in total. The molecule has 1 rings (SSSR count). The van der Waals surface area contributed by atoms with Gasteiger partial charge in [-0.2, -0.15) is 0 Å². The minimum atomic E-state index is -0.852. The van der Waals surface area contributed by atoms with Crippen LogP contribution in [0.25, 0.3) is 0 Å². The smallest absolute Gasteiger partial charge is 0.308 e. The molecule has 7 heteroatoms. The number of aliphatic carboxylic acids is 1.